The molecule has 33 heavy (non-hydrogen) atoms. The molecule has 0 aliphatic carbocycles. The van der Waals surface area contributed by atoms with Gasteiger partial charge in [-0.15, -0.1) is 0 Å². The van der Waals surface area contributed by atoms with Crippen LogP contribution >= 0.6 is 0 Å². The number of azo groups is 1. The van der Waals surface area contributed by atoms with Crippen LogP contribution in [0.5, 0.6) is 11.5 Å². The van der Waals surface area contributed by atoms with Crippen LogP contribution in [-0.4, -0.2) is 65.4 Å². The van der Waals surface area contributed by atoms with Crippen molar-refractivity contribution in [2.24, 2.45) is 15.3 Å². The number of anilines is 1. The number of benzene rings is 2. The number of carbonyl (C=O) groups excluding carboxylic acids is 1. The summed E-state index contributed by atoms with van der Waals surface area (Å²) in [5.74, 6) is -4.11. The summed E-state index contributed by atoms with van der Waals surface area (Å²) in [6.07, 6.45) is 0.951. The third-order valence-electron chi connectivity index (χ3n) is 4.13. The minimum Gasteiger partial charge on any atom is -0.507 e. The highest BCUT2D eigenvalue weighted by atomic mass is 32.2. The maximum absolute atomic E-state index is 12.5. The first-order chi connectivity index (χ1) is 15.2. The Balaban J connectivity index is 1.96. The van der Waals surface area contributed by atoms with Gasteiger partial charge in [0.15, 0.2) is 11.8 Å². The van der Waals surface area contributed by atoms with Crippen LogP contribution in [-0.2, 0) is 25.0 Å². The predicted molar refractivity (Wildman–Crippen MR) is 107 cm³/mol. The van der Waals surface area contributed by atoms with Crippen LogP contribution in [0, 0.1) is 0 Å². The molecule has 174 valence electrons. The zero-order chi connectivity index (χ0) is 24.7. The zero-order valence-electron chi connectivity index (χ0n) is 15.8. The maximum atomic E-state index is 12.5. The van der Waals surface area contributed by atoms with Crippen molar-refractivity contribution < 1.29 is 50.8 Å². The zero-order valence-corrected chi connectivity index (χ0v) is 17.5. The molecule has 1 aliphatic rings. The summed E-state index contributed by atoms with van der Waals surface area (Å²) in [5, 5.41) is 40.1. The number of amides is 1. The van der Waals surface area contributed by atoms with Crippen molar-refractivity contribution in [2.75, 3.05) is 5.01 Å². The Morgan fingerprint density at radius 1 is 1.03 bits per heavy atom. The van der Waals surface area contributed by atoms with Crippen LogP contribution in [0.25, 0.3) is 0 Å². The number of carboxylic acid groups (broad SMARTS) is 1. The van der Waals surface area contributed by atoms with Gasteiger partial charge in [0, 0.05) is 0 Å². The molecule has 2 aromatic carbocycles. The Labute approximate surface area is 184 Å². The van der Waals surface area contributed by atoms with E-state index in [-0.39, 0.29) is 11.8 Å². The molecule has 3 rings (SSSR count). The van der Waals surface area contributed by atoms with E-state index in [9.17, 15) is 36.6 Å². The quantitative estimate of drug-likeness (QED) is 0.274. The number of hydrazone groups is 1. The van der Waals surface area contributed by atoms with E-state index >= 15 is 0 Å². The van der Waals surface area contributed by atoms with Crippen LogP contribution in [0.1, 0.15) is 10.4 Å². The Bertz CT molecular complexity index is 1450. The number of aromatic carboxylic acids is 1. The number of carboxylic acids is 1. The molecule has 5 N–H and O–H groups in total. The summed E-state index contributed by atoms with van der Waals surface area (Å²) in [5.41, 5.74) is -1.38. The lowest BCUT2D eigenvalue weighted by Crippen LogP contribution is -2.28. The van der Waals surface area contributed by atoms with Gasteiger partial charge in [0.1, 0.15) is 21.9 Å². The van der Waals surface area contributed by atoms with E-state index in [0.29, 0.717) is 6.07 Å². The molecule has 15 nitrogen and oxygen atoms in total. The molecule has 1 amide bonds. The van der Waals surface area contributed by atoms with Crippen LogP contribution < -0.4 is 5.01 Å². The normalized spacial score (nSPS) is 16.6. The van der Waals surface area contributed by atoms with Gasteiger partial charge in [0.05, 0.1) is 16.8 Å². The first-order valence-electron chi connectivity index (χ1n) is 8.37. The lowest BCUT2D eigenvalue weighted by Gasteiger charge is -2.13. The number of carbonyl (C=O) groups is 2. The highest BCUT2D eigenvalue weighted by Crippen LogP contribution is 2.37. The number of hydrogen-bond donors (Lipinski definition) is 5. The molecule has 0 radical (unpaired) electrons. The molecule has 0 fully saturated rings. The highest BCUT2D eigenvalue weighted by Gasteiger charge is 2.31. The second-order valence-corrected chi connectivity index (χ2v) is 9.13. The number of aromatic hydroxyl groups is 2. The van der Waals surface area contributed by atoms with E-state index in [4.69, 9.17) is 14.2 Å². The Morgan fingerprint density at radius 3 is 2.27 bits per heavy atom. The number of phenols is 2. The van der Waals surface area contributed by atoms with Gasteiger partial charge < -0.3 is 15.3 Å². The molecule has 0 saturated heterocycles. The van der Waals surface area contributed by atoms with Gasteiger partial charge >= 0.3 is 5.97 Å². The van der Waals surface area contributed by atoms with Crippen molar-refractivity contribution in [1.29, 1.82) is 0 Å². The molecule has 0 saturated carbocycles. The molecule has 1 heterocycles. The van der Waals surface area contributed by atoms with Crippen molar-refractivity contribution in [3.8, 4) is 11.5 Å². The van der Waals surface area contributed by atoms with Crippen molar-refractivity contribution in [3.05, 3.63) is 35.9 Å². The van der Waals surface area contributed by atoms with Gasteiger partial charge in [-0.2, -0.15) is 37.2 Å². The maximum Gasteiger partial charge on any atom is 0.339 e. The second kappa shape index (κ2) is 8.20. The first kappa shape index (κ1) is 23.7. The predicted octanol–water partition coefficient (Wildman–Crippen LogP) is 0.774. The first-order valence-corrected chi connectivity index (χ1v) is 11.3. The van der Waals surface area contributed by atoms with Crippen LogP contribution in [0.15, 0.2) is 55.5 Å². The number of phenolic OH excluding ortho intramolecular Hbond substituents is 1. The smallest absolute Gasteiger partial charge is 0.339 e. The molecule has 0 spiro atoms. The fraction of sp³-hybridized carbons (Fsp3) is 0.0625. The Hall–Kier alpha value is -3.93. The molecule has 0 bridgehead atoms. The van der Waals surface area contributed by atoms with Crippen molar-refractivity contribution in [2.45, 2.75) is 15.8 Å². The summed E-state index contributed by atoms with van der Waals surface area (Å²) in [6, 6.07) is 2.54. The fourth-order valence-electron chi connectivity index (χ4n) is 2.59. The van der Waals surface area contributed by atoms with Crippen LogP contribution in [0.3, 0.4) is 0 Å². The van der Waals surface area contributed by atoms with Crippen molar-refractivity contribution in [3.63, 3.8) is 0 Å². The lowest BCUT2D eigenvalue weighted by molar-refractivity contribution is -0.117. The molecular weight excluding hydrogens is 488 g/mol. The van der Waals surface area contributed by atoms with Gasteiger partial charge in [0.25, 0.3) is 26.1 Å². The largest absolute Gasteiger partial charge is 0.507 e. The topological polar surface area (TPSA) is 244 Å². The lowest BCUT2D eigenvalue weighted by atomic mass is 10.1. The number of rotatable bonds is 6. The summed E-state index contributed by atoms with van der Waals surface area (Å²) in [6.45, 7) is 0. The molecular formula is C16H12N4O11S2. The van der Waals surface area contributed by atoms with E-state index in [2.05, 4.69) is 15.3 Å². The molecule has 17 heteroatoms. The molecule has 1 aliphatic heterocycles. The Kier molecular flexibility index (Phi) is 5.90. The van der Waals surface area contributed by atoms with E-state index in [0.717, 1.165) is 23.4 Å². The van der Waals surface area contributed by atoms with E-state index in [1.54, 1.807) is 0 Å². The van der Waals surface area contributed by atoms with Gasteiger partial charge in [0.2, 0.25) is 0 Å². The summed E-state index contributed by atoms with van der Waals surface area (Å²) in [7, 11) is -10.1. The van der Waals surface area contributed by atoms with E-state index in [1.165, 1.54) is 6.07 Å². The SMILES string of the molecule is O=C(O)c1cc(N2N=CC(N=Nc3cc(S(=O)(=O)O)cc(S(=O)(=O)O)c3O)C2=O)ccc1O. The Morgan fingerprint density at radius 2 is 1.70 bits per heavy atom. The monoisotopic (exact) mass is 500 g/mol. The molecule has 1 atom stereocenters. The van der Waals surface area contributed by atoms with E-state index < -0.39 is 70.7 Å². The summed E-state index contributed by atoms with van der Waals surface area (Å²) < 4.78 is 63.9. The average Bonchev–Trinajstić information content (AvgIpc) is 3.06. The third-order valence-corrected chi connectivity index (χ3v) is 5.83. The average molecular weight is 500 g/mol. The van der Waals surface area contributed by atoms with Crippen LogP contribution in [0.4, 0.5) is 11.4 Å². The molecule has 2 aromatic rings. The minimum absolute atomic E-state index is 0.0472. The third kappa shape index (κ3) is 4.80. The van der Waals surface area contributed by atoms with Crippen molar-refractivity contribution >= 4 is 49.7 Å². The van der Waals surface area contributed by atoms with Gasteiger partial charge in [-0.25, -0.2) is 4.79 Å². The molecule has 0 aromatic heterocycles. The van der Waals surface area contributed by atoms with Gasteiger partial charge in [-0.05, 0) is 30.3 Å². The highest BCUT2D eigenvalue weighted by molar-refractivity contribution is 7.86. The van der Waals surface area contributed by atoms with Gasteiger partial charge in [-0.1, -0.05) is 0 Å². The molecule has 1 unspecified atom stereocenters. The van der Waals surface area contributed by atoms with Gasteiger partial charge in [-0.3, -0.25) is 13.9 Å². The number of nitrogens with zero attached hydrogens (tertiary/aromatic N) is 4. The summed E-state index contributed by atoms with van der Waals surface area (Å²) >= 11 is 0. The fourth-order valence-corrected chi connectivity index (χ4v) is 3.82. The standard InChI is InChI=1S/C16H12N4O11S2/c21-12-2-1-7(3-9(12)16(24)25)20-15(23)11(6-17-20)19-18-10-4-8(32(26,27)28)5-13(14(10)22)33(29,30)31/h1-6,11,21-22H,(H,24,25)(H,26,27,28)(H,29,30,31). The van der Waals surface area contributed by atoms with Crippen molar-refractivity contribution in [1.82, 2.24) is 0 Å². The minimum atomic E-state index is -5.14. The van der Waals surface area contributed by atoms with Crippen LogP contribution in [0.2, 0.25) is 0 Å². The second-order valence-electron chi connectivity index (χ2n) is 6.32. The summed E-state index contributed by atoms with van der Waals surface area (Å²) in [4.78, 5) is 21.3. The van der Waals surface area contributed by atoms with E-state index in [1.807, 2.05) is 0 Å². The number of hydrogen-bond acceptors (Lipinski definition) is 11.